The monoisotopic (exact) mass is 452 g/mol. The molecule has 8 heteroatoms. The highest BCUT2D eigenvalue weighted by atomic mass is 16.2. The van der Waals surface area contributed by atoms with E-state index in [2.05, 4.69) is 68.4 Å². The number of nitrogens with one attached hydrogen (secondary N) is 2. The summed E-state index contributed by atoms with van der Waals surface area (Å²) >= 11 is 0. The van der Waals surface area contributed by atoms with Gasteiger partial charge in [0, 0.05) is 63.9 Å². The normalized spacial score (nSPS) is 15.3. The fourth-order valence-electron chi connectivity index (χ4n) is 4.18. The van der Waals surface area contributed by atoms with E-state index in [9.17, 15) is 9.59 Å². The first kappa shape index (κ1) is 24.7. The molecule has 0 unspecified atom stereocenters. The van der Waals surface area contributed by atoms with Crippen molar-refractivity contribution >= 4 is 17.5 Å². The number of amides is 2. The van der Waals surface area contributed by atoms with Crippen LogP contribution in [0, 0.1) is 0 Å². The van der Waals surface area contributed by atoms with E-state index in [1.165, 1.54) is 5.69 Å². The van der Waals surface area contributed by atoms with Crippen molar-refractivity contribution in [2.75, 3.05) is 63.8 Å². The summed E-state index contributed by atoms with van der Waals surface area (Å²) in [7, 11) is 0. The summed E-state index contributed by atoms with van der Waals surface area (Å²) in [6.07, 6.45) is 3.58. The Kier molecular flexibility index (Phi) is 9.65. The standard InChI is InChI=1S/C25H36N6O2/c1-3-29(4-2)14-13-27-24(32)25(33)28-20-23(21-9-8-12-26-19-21)31-17-15-30(16-18-31)22-10-6-5-7-11-22/h5-12,19,23H,3-4,13-18,20H2,1-2H3,(H,27,32)(H,28,33)/t23-/m0/s1. The molecule has 0 saturated carbocycles. The number of aromatic nitrogens is 1. The molecule has 1 aliphatic rings. The lowest BCUT2D eigenvalue weighted by molar-refractivity contribution is -0.139. The van der Waals surface area contributed by atoms with Gasteiger partial charge in [-0.1, -0.05) is 38.1 Å². The number of para-hydroxylation sites is 1. The van der Waals surface area contributed by atoms with Crippen molar-refractivity contribution in [2.24, 2.45) is 0 Å². The number of hydrogen-bond donors (Lipinski definition) is 2. The van der Waals surface area contributed by atoms with Gasteiger partial charge in [-0.25, -0.2) is 0 Å². The molecule has 1 aliphatic heterocycles. The molecular weight excluding hydrogens is 416 g/mol. The molecule has 178 valence electrons. The summed E-state index contributed by atoms with van der Waals surface area (Å²) in [5.41, 5.74) is 2.26. The van der Waals surface area contributed by atoms with Crippen LogP contribution in [0.4, 0.5) is 5.69 Å². The van der Waals surface area contributed by atoms with Gasteiger partial charge in [-0.05, 0) is 36.9 Å². The molecule has 2 heterocycles. The molecule has 2 amide bonds. The van der Waals surface area contributed by atoms with Crippen LogP contribution in [0.2, 0.25) is 0 Å². The van der Waals surface area contributed by atoms with Crippen LogP contribution in [0.3, 0.4) is 0 Å². The lowest BCUT2D eigenvalue weighted by Crippen LogP contribution is -2.51. The van der Waals surface area contributed by atoms with Gasteiger partial charge < -0.3 is 20.4 Å². The van der Waals surface area contributed by atoms with Crippen LogP contribution in [0.1, 0.15) is 25.5 Å². The van der Waals surface area contributed by atoms with Gasteiger partial charge in [0.05, 0.1) is 6.04 Å². The van der Waals surface area contributed by atoms with E-state index in [4.69, 9.17) is 0 Å². The largest absolute Gasteiger partial charge is 0.369 e. The minimum atomic E-state index is -0.591. The highest BCUT2D eigenvalue weighted by Crippen LogP contribution is 2.23. The van der Waals surface area contributed by atoms with Crippen molar-refractivity contribution < 1.29 is 9.59 Å². The minimum absolute atomic E-state index is 0.0379. The molecule has 0 radical (unpaired) electrons. The van der Waals surface area contributed by atoms with Gasteiger partial charge in [-0.3, -0.25) is 19.5 Å². The molecule has 3 rings (SSSR count). The van der Waals surface area contributed by atoms with Gasteiger partial charge in [0.1, 0.15) is 0 Å². The van der Waals surface area contributed by atoms with Crippen LogP contribution in [-0.2, 0) is 9.59 Å². The van der Waals surface area contributed by atoms with Crippen LogP contribution < -0.4 is 15.5 Å². The summed E-state index contributed by atoms with van der Waals surface area (Å²) in [4.78, 5) is 35.9. The third-order valence-corrected chi connectivity index (χ3v) is 6.22. The Labute approximate surface area is 197 Å². The van der Waals surface area contributed by atoms with Crippen LogP contribution in [0.5, 0.6) is 0 Å². The number of carbonyl (C=O) groups excluding carboxylic acids is 2. The molecule has 33 heavy (non-hydrogen) atoms. The van der Waals surface area contributed by atoms with Crippen molar-refractivity contribution in [1.82, 2.24) is 25.4 Å². The molecule has 1 fully saturated rings. The van der Waals surface area contributed by atoms with E-state index in [0.29, 0.717) is 13.1 Å². The minimum Gasteiger partial charge on any atom is -0.369 e. The summed E-state index contributed by atoms with van der Waals surface area (Å²) in [6.45, 7) is 11.1. The molecule has 1 aromatic heterocycles. The molecule has 0 spiro atoms. The maximum atomic E-state index is 12.4. The second kappa shape index (κ2) is 12.9. The lowest BCUT2D eigenvalue weighted by atomic mass is 10.1. The zero-order valence-electron chi connectivity index (χ0n) is 19.7. The second-order valence-corrected chi connectivity index (χ2v) is 8.15. The fraction of sp³-hybridized carbons (Fsp3) is 0.480. The maximum absolute atomic E-state index is 12.4. The van der Waals surface area contributed by atoms with Gasteiger partial charge in [-0.2, -0.15) is 0 Å². The molecule has 1 aromatic carbocycles. The zero-order valence-corrected chi connectivity index (χ0v) is 19.7. The fourth-order valence-corrected chi connectivity index (χ4v) is 4.18. The van der Waals surface area contributed by atoms with Gasteiger partial charge in [0.2, 0.25) is 0 Å². The average molecular weight is 453 g/mol. The Morgan fingerprint density at radius 1 is 0.970 bits per heavy atom. The number of benzene rings is 1. The number of rotatable bonds is 10. The van der Waals surface area contributed by atoms with Crippen LogP contribution in [-0.4, -0.2) is 85.5 Å². The molecular formula is C25H36N6O2. The molecule has 1 atom stereocenters. The van der Waals surface area contributed by atoms with E-state index >= 15 is 0 Å². The van der Waals surface area contributed by atoms with Gasteiger partial charge in [-0.15, -0.1) is 0 Å². The summed E-state index contributed by atoms with van der Waals surface area (Å²) in [5, 5.41) is 5.56. The quantitative estimate of drug-likeness (QED) is 0.532. The zero-order chi connectivity index (χ0) is 23.5. The van der Waals surface area contributed by atoms with Gasteiger partial charge >= 0.3 is 11.8 Å². The van der Waals surface area contributed by atoms with Crippen LogP contribution >= 0.6 is 0 Å². The number of nitrogens with zero attached hydrogens (tertiary/aromatic N) is 4. The van der Waals surface area contributed by atoms with Gasteiger partial charge in [0.15, 0.2) is 0 Å². The Bertz CT molecular complexity index is 852. The number of hydrogen-bond acceptors (Lipinski definition) is 6. The number of piperazine rings is 1. The number of likely N-dealkylation sites (N-methyl/N-ethyl adjacent to an activating group) is 1. The first-order valence-electron chi connectivity index (χ1n) is 11.8. The van der Waals surface area contributed by atoms with E-state index in [1.807, 2.05) is 24.4 Å². The van der Waals surface area contributed by atoms with Crippen LogP contribution in [0.15, 0.2) is 54.9 Å². The smallest absolute Gasteiger partial charge is 0.309 e. The molecule has 2 N–H and O–H groups in total. The Balaban J connectivity index is 1.55. The predicted molar refractivity (Wildman–Crippen MR) is 131 cm³/mol. The first-order chi connectivity index (χ1) is 16.1. The van der Waals surface area contributed by atoms with Gasteiger partial charge in [0.25, 0.3) is 0 Å². The number of anilines is 1. The van der Waals surface area contributed by atoms with E-state index in [-0.39, 0.29) is 6.04 Å². The molecule has 2 aromatic rings. The molecule has 8 nitrogen and oxygen atoms in total. The van der Waals surface area contributed by atoms with E-state index in [0.717, 1.165) is 51.4 Å². The Morgan fingerprint density at radius 3 is 2.30 bits per heavy atom. The van der Waals surface area contributed by atoms with Crippen molar-refractivity contribution in [3.05, 3.63) is 60.4 Å². The Morgan fingerprint density at radius 2 is 1.67 bits per heavy atom. The highest BCUT2D eigenvalue weighted by Gasteiger charge is 2.26. The molecule has 0 aliphatic carbocycles. The lowest BCUT2D eigenvalue weighted by Gasteiger charge is -2.40. The van der Waals surface area contributed by atoms with Crippen molar-refractivity contribution in [3.63, 3.8) is 0 Å². The second-order valence-electron chi connectivity index (χ2n) is 8.15. The van der Waals surface area contributed by atoms with Crippen LogP contribution in [0.25, 0.3) is 0 Å². The average Bonchev–Trinajstić information content (AvgIpc) is 2.88. The number of pyridine rings is 1. The van der Waals surface area contributed by atoms with Crippen molar-refractivity contribution in [3.8, 4) is 0 Å². The number of carbonyl (C=O) groups is 2. The SMILES string of the molecule is CCN(CC)CCNC(=O)C(=O)NC[C@@H](c1cccnc1)N1CCN(c2ccccc2)CC1. The maximum Gasteiger partial charge on any atom is 0.309 e. The third kappa shape index (κ3) is 7.27. The van der Waals surface area contributed by atoms with Crippen molar-refractivity contribution in [2.45, 2.75) is 19.9 Å². The molecule has 1 saturated heterocycles. The highest BCUT2D eigenvalue weighted by molar-refractivity contribution is 6.35. The third-order valence-electron chi connectivity index (χ3n) is 6.22. The summed E-state index contributed by atoms with van der Waals surface area (Å²) in [6, 6.07) is 14.3. The topological polar surface area (TPSA) is 80.8 Å². The molecule has 0 bridgehead atoms. The summed E-state index contributed by atoms with van der Waals surface area (Å²) in [5.74, 6) is -1.17. The van der Waals surface area contributed by atoms with E-state index < -0.39 is 11.8 Å². The van der Waals surface area contributed by atoms with Crippen molar-refractivity contribution in [1.29, 1.82) is 0 Å². The predicted octanol–water partition coefficient (Wildman–Crippen LogP) is 1.52. The van der Waals surface area contributed by atoms with E-state index in [1.54, 1.807) is 6.20 Å². The first-order valence-corrected chi connectivity index (χ1v) is 11.8. The Hall–Kier alpha value is -2.97. The summed E-state index contributed by atoms with van der Waals surface area (Å²) < 4.78 is 0.